The molecule has 1 fully saturated rings. The van der Waals surface area contributed by atoms with E-state index in [0.717, 1.165) is 39.5 Å². The number of hydrogen-bond acceptors (Lipinski definition) is 5. The molecule has 1 amide bonds. The molecule has 152 valence electrons. The van der Waals surface area contributed by atoms with Crippen LogP contribution in [0.25, 0.3) is 10.2 Å². The van der Waals surface area contributed by atoms with E-state index < -0.39 is 11.7 Å². The van der Waals surface area contributed by atoms with Gasteiger partial charge in [-0.1, -0.05) is 23.9 Å². The van der Waals surface area contributed by atoms with Crippen molar-refractivity contribution in [2.45, 2.75) is 23.4 Å². The molecule has 0 unspecified atom stereocenters. The maximum atomic E-state index is 13.1. The predicted molar refractivity (Wildman–Crippen MR) is 112 cm³/mol. The number of anilines is 2. The van der Waals surface area contributed by atoms with Crippen molar-refractivity contribution >= 4 is 50.6 Å². The molecule has 3 aromatic rings. The second-order valence-corrected chi connectivity index (χ2v) is 8.96. The van der Waals surface area contributed by atoms with Gasteiger partial charge in [-0.2, -0.15) is 13.2 Å². The van der Waals surface area contributed by atoms with Gasteiger partial charge in [0.2, 0.25) is 5.91 Å². The summed E-state index contributed by atoms with van der Waals surface area (Å²) in [5, 5.41) is 2.78. The van der Waals surface area contributed by atoms with Crippen molar-refractivity contribution in [3.05, 3.63) is 48.0 Å². The average Bonchev–Trinajstić information content (AvgIpc) is 3.35. The number of amides is 1. The Morgan fingerprint density at radius 3 is 2.66 bits per heavy atom. The number of halogens is 3. The lowest BCUT2D eigenvalue weighted by atomic mass is 10.1. The van der Waals surface area contributed by atoms with E-state index >= 15 is 0 Å². The molecule has 0 bridgehead atoms. The number of thioether (sulfide) groups is 1. The Balaban J connectivity index is 1.47. The van der Waals surface area contributed by atoms with Gasteiger partial charge in [-0.25, -0.2) is 4.98 Å². The summed E-state index contributed by atoms with van der Waals surface area (Å²) in [6.45, 7) is 1.37. The van der Waals surface area contributed by atoms with E-state index in [0.29, 0.717) is 24.5 Å². The van der Waals surface area contributed by atoms with E-state index in [2.05, 4.69) is 10.3 Å². The summed E-state index contributed by atoms with van der Waals surface area (Å²) >= 11 is 2.83. The highest BCUT2D eigenvalue weighted by molar-refractivity contribution is 8.01. The van der Waals surface area contributed by atoms with E-state index in [1.165, 1.54) is 29.2 Å². The fourth-order valence-electron chi connectivity index (χ4n) is 3.26. The SMILES string of the molecule is O=C(CSc1nc2ccccc2s1)Nc1ccc(C(F)(F)F)cc1N1CCCC1. The highest BCUT2D eigenvalue weighted by atomic mass is 32.2. The molecule has 0 aliphatic carbocycles. The summed E-state index contributed by atoms with van der Waals surface area (Å²) in [5.41, 5.74) is 1.02. The van der Waals surface area contributed by atoms with Crippen molar-refractivity contribution < 1.29 is 18.0 Å². The van der Waals surface area contributed by atoms with Crippen LogP contribution in [-0.2, 0) is 11.0 Å². The molecule has 1 N–H and O–H groups in total. The van der Waals surface area contributed by atoms with E-state index in [9.17, 15) is 18.0 Å². The molecule has 1 aromatic heterocycles. The minimum absolute atomic E-state index is 0.139. The number of nitrogens with one attached hydrogen (secondary N) is 1. The lowest BCUT2D eigenvalue weighted by Crippen LogP contribution is -2.22. The zero-order valence-corrected chi connectivity index (χ0v) is 17.0. The van der Waals surface area contributed by atoms with Crippen molar-refractivity contribution in [1.82, 2.24) is 4.98 Å². The summed E-state index contributed by atoms with van der Waals surface area (Å²) in [7, 11) is 0. The standard InChI is InChI=1S/C20H18F3N3OS2/c21-20(22,23)13-7-8-14(16(11-13)26-9-3-4-10-26)24-18(27)12-28-19-25-15-5-1-2-6-17(15)29-19/h1-2,5-8,11H,3-4,9-10,12H2,(H,24,27). The van der Waals surface area contributed by atoms with E-state index in [-0.39, 0.29) is 11.7 Å². The van der Waals surface area contributed by atoms with Crippen LogP contribution >= 0.6 is 23.1 Å². The van der Waals surface area contributed by atoms with E-state index in [4.69, 9.17) is 0 Å². The Morgan fingerprint density at radius 2 is 1.93 bits per heavy atom. The second kappa shape index (κ2) is 8.23. The first kappa shape index (κ1) is 20.0. The molecular weight excluding hydrogens is 419 g/mol. The second-order valence-electron chi connectivity index (χ2n) is 6.71. The molecule has 4 rings (SSSR count). The summed E-state index contributed by atoms with van der Waals surface area (Å²) < 4.78 is 41.2. The number of benzene rings is 2. The van der Waals surface area contributed by atoms with Crippen LogP contribution in [0.5, 0.6) is 0 Å². The number of carbonyl (C=O) groups is 1. The van der Waals surface area contributed by atoms with Crippen molar-refractivity contribution in [1.29, 1.82) is 0 Å². The Kier molecular flexibility index (Phi) is 5.69. The predicted octanol–water partition coefficient (Wildman–Crippen LogP) is 5.65. The third-order valence-electron chi connectivity index (χ3n) is 4.65. The van der Waals surface area contributed by atoms with Gasteiger partial charge in [-0.15, -0.1) is 11.3 Å². The van der Waals surface area contributed by atoms with Gasteiger partial charge in [0, 0.05) is 13.1 Å². The van der Waals surface area contributed by atoms with Gasteiger partial charge in [-0.05, 0) is 43.2 Å². The number of alkyl halides is 3. The number of para-hydroxylation sites is 1. The Labute approximate surface area is 174 Å². The molecule has 2 aromatic carbocycles. The summed E-state index contributed by atoms with van der Waals surface area (Å²) in [4.78, 5) is 18.8. The highest BCUT2D eigenvalue weighted by Crippen LogP contribution is 2.37. The van der Waals surface area contributed by atoms with Crippen LogP contribution in [0.2, 0.25) is 0 Å². The number of rotatable bonds is 5. The molecule has 0 spiro atoms. The van der Waals surface area contributed by atoms with Crippen molar-refractivity contribution in [3.63, 3.8) is 0 Å². The van der Waals surface area contributed by atoms with Crippen LogP contribution in [0.1, 0.15) is 18.4 Å². The number of thiazole rings is 1. The molecule has 4 nitrogen and oxygen atoms in total. The zero-order valence-electron chi connectivity index (χ0n) is 15.3. The van der Waals surface area contributed by atoms with Gasteiger partial charge in [-0.3, -0.25) is 4.79 Å². The van der Waals surface area contributed by atoms with Gasteiger partial charge in [0.15, 0.2) is 4.34 Å². The maximum absolute atomic E-state index is 13.1. The molecular formula is C20H18F3N3OS2. The maximum Gasteiger partial charge on any atom is 0.416 e. The summed E-state index contributed by atoms with van der Waals surface area (Å²) in [5.74, 6) is -0.130. The fourth-order valence-corrected chi connectivity index (χ4v) is 5.13. The molecule has 2 heterocycles. The summed E-state index contributed by atoms with van der Waals surface area (Å²) in [6, 6.07) is 11.2. The third-order valence-corrected chi connectivity index (χ3v) is 6.83. The number of aromatic nitrogens is 1. The molecule has 9 heteroatoms. The van der Waals surface area contributed by atoms with Crippen LogP contribution in [0, 0.1) is 0 Å². The van der Waals surface area contributed by atoms with Gasteiger partial charge < -0.3 is 10.2 Å². The number of fused-ring (bicyclic) bond motifs is 1. The van der Waals surface area contributed by atoms with E-state index in [1.807, 2.05) is 29.2 Å². The minimum atomic E-state index is -4.42. The zero-order chi connectivity index (χ0) is 20.4. The molecule has 1 aliphatic heterocycles. The lowest BCUT2D eigenvalue weighted by Gasteiger charge is -2.23. The van der Waals surface area contributed by atoms with Crippen molar-refractivity contribution in [2.75, 3.05) is 29.1 Å². The average molecular weight is 438 g/mol. The molecule has 0 atom stereocenters. The van der Waals surface area contributed by atoms with Gasteiger partial charge in [0.25, 0.3) is 0 Å². The quantitative estimate of drug-likeness (QED) is 0.524. The normalized spacial score (nSPS) is 14.5. The molecule has 1 saturated heterocycles. The first-order valence-electron chi connectivity index (χ1n) is 9.14. The van der Waals surface area contributed by atoms with Gasteiger partial charge in [0.05, 0.1) is 32.9 Å². The Morgan fingerprint density at radius 1 is 1.17 bits per heavy atom. The van der Waals surface area contributed by atoms with Crippen molar-refractivity contribution in [2.24, 2.45) is 0 Å². The Bertz CT molecular complexity index is 996. The number of carbonyl (C=O) groups excluding carboxylic acids is 1. The van der Waals surface area contributed by atoms with Crippen molar-refractivity contribution in [3.8, 4) is 0 Å². The number of nitrogens with zero attached hydrogens (tertiary/aromatic N) is 2. The van der Waals surface area contributed by atoms with Crippen LogP contribution in [0.15, 0.2) is 46.8 Å². The summed E-state index contributed by atoms with van der Waals surface area (Å²) in [6.07, 6.45) is -2.56. The molecule has 0 radical (unpaired) electrons. The van der Waals surface area contributed by atoms with Gasteiger partial charge in [0.1, 0.15) is 0 Å². The fraction of sp³-hybridized carbons (Fsp3) is 0.300. The third kappa shape index (κ3) is 4.67. The number of hydrogen-bond donors (Lipinski definition) is 1. The topological polar surface area (TPSA) is 45.2 Å². The lowest BCUT2D eigenvalue weighted by molar-refractivity contribution is -0.137. The minimum Gasteiger partial charge on any atom is -0.370 e. The van der Waals surface area contributed by atoms with Crippen LogP contribution in [-0.4, -0.2) is 29.7 Å². The van der Waals surface area contributed by atoms with Crippen LogP contribution in [0.3, 0.4) is 0 Å². The molecule has 29 heavy (non-hydrogen) atoms. The smallest absolute Gasteiger partial charge is 0.370 e. The highest BCUT2D eigenvalue weighted by Gasteiger charge is 2.32. The first-order chi connectivity index (χ1) is 13.9. The van der Waals surface area contributed by atoms with Crippen LogP contribution in [0.4, 0.5) is 24.5 Å². The molecule has 0 saturated carbocycles. The van der Waals surface area contributed by atoms with Gasteiger partial charge >= 0.3 is 6.18 Å². The van der Waals surface area contributed by atoms with Crippen LogP contribution < -0.4 is 10.2 Å². The largest absolute Gasteiger partial charge is 0.416 e. The Hall–Kier alpha value is -2.26. The van der Waals surface area contributed by atoms with E-state index in [1.54, 1.807) is 0 Å². The first-order valence-corrected chi connectivity index (χ1v) is 10.9. The monoisotopic (exact) mass is 437 g/mol. The molecule has 1 aliphatic rings.